The highest BCUT2D eigenvalue weighted by molar-refractivity contribution is 7.99. The summed E-state index contributed by atoms with van der Waals surface area (Å²) in [6.45, 7) is 0. The molecule has 5 heteroatoms. The molecule has 0 fully saturated rings. The first-order valence-corrected chi connectivity index (χ1v) is 6.61. The van der Waals surface area contributed by atoms with Crippen LogP contribution in [0.25, 0.3) is 0 Å². The van der Waals surface area contributed by atoms with E-state index in [4.69, 9.17) is 11.6 Å². The molecular formula is C14H10ClFO2S. The highest BCUT2D eigenvalue weighted by atomic mass is 35.5. The van der Waals surface area contributed by atoms with Gasteiger partial charge >= 0.3 is 5.97 Å². The molecule has 0 atom stereocenters. The molecule has 0 N–H and O–H groups in total. The van der Waals surface area contributed by atoms with Crippen molar-refractivity contribution in [2.24, 2.45) is 0 Å². The Morgan fingerprint density at radius 1 is 1.16 bits per heavy atom. The number of carbonyl (C=O) groups excluding carboxylic acids is 1. The van der Waals surface area contributed by atoms with E-state index in [1.165, 1.54) is 31.0 Å². The average Bonchev–Trinajstić information content (AvgIpc) is 2.43. The van der Waals surface area contributed by atoms with Gasteiger partial charge in [0.2, 0.25) is 0 Å². The summed E-state index contributed by atoms with van der Waals surface area (Å²) in [6, 6.07) is 11.5. The summed E-state index contributed by atoms with van der Waals surface area (Å²) in [6.07, 6.45) is 0. The lowest BCUT2D eigenvalue weighted by Gasteiger charge is -2.04. The van der Waals surface area contributed by atoms with Gasteiger partial charge in [-0.1, -0.05) is 23.4 Å². The Hall–Kier alpha value is -1.52. The Bertz CT molecular complexity index is 599. The van der Waals surface area contributed by atoms with Gasteiger partial charge < -0.3 is 4.74 Å². The van der Waals surface area contributed by atoms with Gasteiger partial charge in [-0.2, -0.15) is 0 Å². The Kier molecular flexibility index (Phi) is 4.45. The quantitative estimate of drug-likeness (QED) is 0.785. The average molecular weight is 297 g/mol. The van der Waals surface area contributed by atoms with Crippen molar-refractivity contribution in [2.75, 3.05) is 7.11 Å². The number of methoxy groups -OCH3 is 1. The predicted octanol–water partition coefficient (Wildman–Crippen LogP) is 4.42. The van der Waals surface area contributed by atoms with Crippen LogP contribution in [0.1, 0.15) is 10.4 Å². The van der Waals surface area contributed by atoms with E-state index in [2.05, 4.69) is 4.74 Å². The van der Waals surface area contributed by atoms with Crippen molar-refractivity contribution in [3.8, 4) is 0 Å². The third-order valence-corrected chi connectivity index (χ3v) is 3.71. The van der Waals surface area contributed by atoms with Gasteiger partial charge in [-0.25, -0.2) is 9.18 Å². The van der Waals surface area contributed by atoms with Gasteiger partial charge in [-0.05, 0) is 42.5 Å². The highest BCUT2D eigenvalue weighted by Gasteiger charge is 2.06. The molecular weight excluding hydrogens is 287 g/mol. The second-order valence-corrected chi connectivity index (χ2v) is 5.25. The number of rotatable bonds is 3. The van der Waals surface area contributed by atoms with E-state index in [0.29, 0.717) is 5.56 Å². The fraction of sp³-hybridized carbons (Fsp3) is 0.0714. The molecule has 0 aliphatic carbocycles. The largest absolute Gasteiger partial charge is 0.465 e. The van der Waals surface area contributed by atoms with Gasteiger partial charge in [0.1, 0.15) is 5.82 Å². The van der Waals surface area contributed by atoms with Crippen LogP contribution in [0.15, 0.2) is 52.3 Å². The molecule has 0 aliphatic rings. The van der Waals surface area contributed by atoms with Crippen LogP contribution in [0.5, 0.6) is 0 Å². The van der Waals surface area contributed by atoms with E-state index in [1.54, 1.807) is 30.3 Å². The van der Waals surface area contributed by atoms with Gasteiger partial charge in [0, 0.05) is 9.79 Å². The maximum atomic E-state index is 13.3. The van der Waals surface area contributed by atoms with Crippen LogP contribution in [-0.2, 0) is 4.74 Å². The summed E-state index contributed by atoms with van der Waals surface area (Å²) < 4.78 is 17.9. The first-order valence-electron chi connectivity index (χ1n) is 5.41. The lowest BCUT2D eigenvalue weighted by Crippen LogP contribution is -2.00. The number of hydrogen-bond acceptors (Lipinski definition) is 3. The molecule has 0 saturated heterocycles. The van der Waals surface area contributed by atoms with Gasteiger partial charge in [-0.3, -0.25) is 0 Å². The Labute approximate surface area is 119 Å². The van der Waals surface area contributed by atoms with Crippen LogP contribution in [-0.4, -0.2) is 13.1 Å². The van der Waals surface area contributed by atoms with Crippen LogP contribution in [0, 0.1) is 5.82 Å². The molecule has 98 valence electrons. The van der Waals surface area contributed by atoms with Crippen LogP contribution in [0.3, 0.4) is 0 Å². The number of hydrogen-bond donors (Lipinski definition) is 0. The first-order chi connectivity index (χ1) is 9.10. The normalized spacial score (nSPS) is 10.3. The van der Waals surface area contributed by atoms with E-state index in [9.17, 15) is 9.18 Å². The number of ether oxygens (including phenoxy) is 1. The highest BCUT2D eigenvalue weighted by Crippen LogP contribution is 2.30. The Morgan fingerprint density at radius 3 is 2.37 bits per heavy atom. The van der Waals surface area contributed by atoms with Gasteiger partial charge in [0.05, 0.1) is 17.7 Å². The van der Waals surface area contributed by atoms with Crippen molar-refractivity contribution in [3.63, 3.8) is 0 Å². The molecule has 2 aromatic carbocycles. The second-order valence-electron chi connectivity index (χ2n) is 3.69. The second kappa shape index (κ2) is 6.08. The maximum absolute atomic E-state index is 13.3. The van der Waals surface area contributed by atoms with E-state index in [1.807, 2.05) is 0 Å². The smallest absolute Gasteiger partial charge is 0.337 e. The molecule has 0 aliphatic heterocycles. The molecule has 0 aromatic heterocycles. The minimum absolute atomic E-state index is 0.102. The molecule has 19 heavy (non-hydrogen) atoms. The minimum atomic E-state index is -0.446. The van der Waals surface area contributed by atoms with Crippen LogP contribution in [0.2, 0.25) is 5.02 Å². The number of halogens is 2. The summed E-state index contributed by atoms with van der Waals surface area (Å²) >= 11 is 7.01. The summed E-state index contributed by atoms with van der Waals surface area (Å²) in [4.78, 5) is 12.9. The first kappa shape index (κ1) is 13.9. The van der Waals surface area contributed by atoms with Gasteiger partial charge in [-0.15, -0.1) is 0 Å². The van der Waals surface area contributed by atoms with Crippen molar-refractivity contribution in [1.29, 1.82) is 0 Å². The van der Waals surface area contributed by atoms with E-state index >= 15 is 0 Å². The molecule has 0 saturated carbocycles. The van der Waals surface area contributed by atoms with E-state index < -0.39 is 5.82 Å². The number of carbonyl (C=O) groups is 1. The van der Waals surface area contributed by atoms with Crippen molar-refractivity contribution < 1.29 is 13.9 Å². The summed E-state index contributed by atoms with van der Waals surface area (Å²) in [5, 5.41) is 0.102. The molecule has 0 bridgehead atoms. The zero-order chi connectivity index (χ0) is 13.8. The number of benzene rings is 2. The zero-order valence-electron chi connectivity index (χ0n) is 10.0. The molecule has 2 rings (SSSR count). The maximum Gasteiger partial charge on any atom is 0.337 e. The summed E-state index contributed by atoms with van der Waals surface area (Å²) in [5.41, 5.74) is 0.481. The lowest BCUT2D eigenvalue weighted by molar-refractivity contribution is 0.0600. The van der Waals surface area contributed by atoms with Crippen molar-refractivity contribution >= 4 is 29.3 Å². The van der Waals surface area contributed by atoms with E-state index in [0.717, 1.165) is 9.79 Å². The number of esters is 1. The van der Waals surface area contributed by atoms with Crippen molar-refractivity contribution in [3.05, 3.63) is 58.9 Å². The lowest BCUT2D eigenvalue weighted by atomic mass is 10.2. The topological polar surface area (TPSA) is 26.3 Å². The summed E-state index contributed by atoms with van der Waals surface area (Å²) in [7, 11) is 1.33. The SMILES string of the molecule is COC(=O)c1ccc(Sc2ccc(Cl)c(F)c2)cc1. The van der Waals surface area contributed by atoms with E-state index in [-0.39, 0.29) is 11.0 Å². The zero-order valence-corrected chi connectivity index (χ0v) is 11.6. The molecule has 2 aromatic rings. The minimum Gasteiger partial charge on any atom is -0.465 e. The van der Waals surface area contributed by atoms with Crippen molar-refractivity contribution in [2.45, 2.75) is 9.79 Å². The van der Waals surface area contributed by atoms with Gasteiger partial charge in [0.25, 0.3) is 0 Å². The van der Waals surface area contributed by atoms with Crippen LogP contribution >= 0.6 is 23.4 Å². The molecule has 0 amide bonds. The Balaban J connectivity index is 2.15. The third-order valence-electron chi connectivity index (χ3n) is 2.40. The van der Waals surface area contributed by atoms with Gasteiger partial charge in [0.15, 0.2) is 0 Å². The monoisotopic (exact) mass is 296 g/mol. The molecule has 0 spiro atoms. The molecule has 2 nitrogen and oxygen atoms in total. The fourth-order valence-electron chi connectivity index (χ4n) is 1.45. The third kappa shape index (κ3) is 3.49. The summed E-state index contributed by atoms with van der Waals surface area (Å²) in [5.74, 6) is -0.827. The standard InChI is InChI=1S/C14H10ClFO2S/c1-18-14(17)9-2-4-10(5-3-9)19-11-6-7-12(15)13(16)8-11/h2-8H,1H3. The molecule has 0 unspecified atom stereocenters. The van der Waals surface area contributed by atoms with Crippen LogP contribution < -0.4 is 0 Å². The Morgan fingerprint density at radius 2 is 1.79 bits per heavy atom. The van der Waals surface area contributed by atoms with Crippen molar-refractivity contribution in [1.82, 2.24) is 0 Å². The predicted molar refractivity (Wildman–Crippen MR) is 73.3 cm³/mol. The van der Waals surface area contributed by atoms with Crippen LogP contribution in [0.4, 0.5) is 4.39 Å². The fourth-order valence-corrected chi connectivity index (χ4v) is 2.41. The molecule has 0 radical (unpaired) electrons. The molecule has 0 heterocycles.